The van der Waals surface area contributed by atoms with E-state index in [1.54, 1.807) is 26.0 Å². The number of nitrogens with one attached hydrogen (secondary N) is 3. The number of carbonyl (C=O) groups excluding carboxylic acids is 1. The smallest absolute Gasteiger partial charge is 0.267 e. The second-order valence-corrected chi connectivity index (χ2v) is 4.07. The average molecular weight is 262 g/mol. The van der Waals surface area contributed by atoms with Crippen LogP contribution in [0.2, 0.25) is 0 Å². The first kappa shape index (κ1) is 12.9. The summed E-state index contributed by atoms with van der Waals surface area (Å²) in [7, 11) is 0. The molecule has 3 N–H and O–H groups in total. The van der Waals surface area contributed by atoms with Crippen LogP contribution in [-0.2, 0) is 11.2 Å². The molecule has 0 aliphatic rings. The minimum absolute atomic E-state index is 0.0282. The van der Waals surface area contributed by atoms with E-state index in [0.717, 1.165) is 0 Å². The van der Waals surface area contributed by atoms with E-state index in [2.05, 4.69) is 20.7 Å². The van der Waals surface area contributed by atoms with E-state index in [1.165, 1.54) is 6.26 Å². The van der Waals surface area contributed by atoms with Gasteiger partial charge in [-0.1, -0.05) is 0 Å². The predicted octanol–water partition coefficient (Wildman–Crippen LogP) is 0.687. The molecule has 0 aliphatic carbocycles. The van der Waals surface area contributed by atoms with E-state index in [0.29, 0.717) is 22.7 Å². The first-order valence-corrected chi connectivity index (χ1v) is 5.71. The third kappa shape index (κ3) is 3.01. The van der Waals surface area contributed by atoms with E-state index >= 15 is 0 Å². The predicted molar refractivity (Wildman–Crippen MR) is 68.9 cm³/mol. The molecule has 0 aromatic carbocycles. The van der Waals surface area contributed by atoms with Crippen LogP contribution in [0.5, 0.6) is 0 Å². The van der Waals surface area contributed by atoms with Crippen LogP contribution >= 0.6 is 0 Å². The molecule has 7 nitrogen and oxygen atoms in total. The van der Waals surface area contributed by atoms with Gasteiger partial charge in [0, 0.05) is 11.3 Å². The first-order chi connectivity index (χ1) is 9.08. The number of hydrogen-bond acceptors (Lipinski definition) is 4. The standard InChI is InChI=1S/C12H14N4O3/c1-7-9(12(18)16-13-7)6-11(17)15-14-8(2)10-4-3-5-19-10/h3-5H,6H2,1-2H3,(H,15,17)(H2,13,16,18)/b14-8+. The van der Waals surface area contributed by atoms with Gasteiger partial charge >= 0.3 is 0 Å². The topological polar surface area (TPSA) is 103 Å². The Bertz CT molecular complexity index is 649. The third-order valence-corrected chi connectivity index (χ3v) is 2.65. The van der Waals surface area contributed by atoms with Crippen molar-refractivity contribution >= 4 is 11.6 Å². The van der Waals surface area contributed by atoms with Crippen molar-refractivity contribution in [3.8, 4) is 0 Å². The summed E-state index contributed by atoms with van der Waals surface area (Å²) < 4.78 is 5.13. The number of nitrogens with zero attached hydrogens (tertiary/aromatic N) is 1. The van der Waals surface area contributed by atoms with E-state index in [1.807, 2.05) is 0 Å². The Morgan fingerprint density at radius 2 is 2.26 bits per heavy atom. The van der Waals surface area contributed by atoms with Gasteiger partial charge in [0.15, 0.2) is 0 Å². The van der Waals surface area contributed by atoms with Gasteiger partial charge in [0.1, 0.15) is 11.5 Å². The lowest BCUT2D eigenvalue weighted by atomic mass is 10.2. The lowest BCUT2D eigenvalue weighted by Crippen LogP contribution is -2.24. The number of aromatic amines is 2. The van der Waals surface area contributed by atoms with Gasteiger partial charge in [0.2, 0.25) is 5.91 Å². The second kappa shape index (κ2) is 5.38. The van der Waals surface area contributed by atoms with Gasteiger partial charge in [-0.3, -0.25) is 14.7 Å². The summed E-state index contributed by atoms with van der Waals surface area (Å²) in [6.45, 7) is 3.44. The molecule has 0 bridgehead atoms. The largest absolute Gasteiger partial charge is 0.463 e. The summed E-state index contributed by atoms with van der Waals surface area (Å²) in [5, 5.41) is 8.99. The summed E-state index contributed by atoms with van der Waals surface area (Å²) in [6, 6.07) is 3.48. The highest BCUT2D eigenvalue weighted by molar-refractivity contribution is 5.96. The van der Waals surface area contributed by atoms with E-state index < -0.39 is 0 Å². The molecule has 0 saturated heterocycles. The van der Waals surface area contributed by atoms with Crippen molar-refractivity contribution in [1.29, 1.82) is 0 Å². The molecule has 100 valence electrons. The third-order valence-electron chi connectivity index (χ3n) is 2.65. The summed E-state index contributed by atoms with van der Waals surface area (Å²) in [4.78, 5) is 23.1. The summed E-state index contributed by atoms with van der Waals surface area (Å²) >= 11 is 0. The summed E-state index contributed by atoms with van der Waals surface area (Å²) in [6.07, 6.45) is 1.50. The molecule has 0 unspecified atom stereocenters. The molecular weight excluding hydrogens is 248 g/mol. The van der Waals surface area contributed by atoms with Crippen LogP contribution in [0, 0.1) is 6.92 Å². The maximum absolute atomic E-state index is 11.7. The molecule has 19 heavy (non-hydrogen) atoms. The first-order valence-electron chi connectivity index (χ1n) is 5.71. The number of aromatic nitrogens is 2. The molecule has 0 atom stereocenters. The van der Waals surface area contributed by atoms with Crippen molar-refractivity contribution in [3.63, 3.8) is 0 Å². The van der Waals surface area contributed by atoms with Crippen LogP contribution in [0.25, 0.3) is 0 Å². The molecule has 0 saturated carbocycles. The number of rotatable bonds is 4. The number of hydrazone groups is 1. The number of H-pyrrole nitrogens is 2. The number of aryl methyl sites for hydroxylation is 1. The van der Waals surface area contributed by atoms with E-state index in [4.69, 9.17) is 4.42 Å². The fourth-order valence-electron chi connectivity index (χ4n) is 1.57. The highest BCUT2D eigenvalue weighted by Gasteiger charge is 2.11. The zero-order chi connectivity index (χ0) is 13.8. The Hall–Kier alpha value is -2.57. The van der Waals surface area contributed by atoms with Crippen LogP contribution in [0.4, 0.5) is 0 Å². The molecule has 0 fully saturated rings. The van der Waals surface area contributed by atoms with Crippen molar-refractivity contribution in [2.24, 2.45) is 5.10 Å². The molecular formula is C12H14N4O3. The molecule has 7 heteroatoms. The van der Waals surface area contributed by atoms with Crippen LogP contribution < -0.4 is 11.0 Å². The van der Waals surface area contributed by atoms with Crippen molar-refractivity contribution in [3.05, 3.63) is 45.8 Å². The molecule has 0 spiro atoms. The highest BCUT2D eigenvalue weighted by Crippen LogP contribution is 2.01. The molecule has 2 aromatic rings. The highest BCUT2D eigenvalue weighted by atomic mass is 16.3. The Morgan fingerprint density at radius 1 is 1.47 bits per heavy atom. The van der Waals surface area contributed by atoms with Crippen molar-refractivity contribution in [1.82, 2.24) is 15.6 Å². The fourth-order valence-corrected chi connectivity index (χ4v) is 1.57. The molecule has 2 aromatic heterocycles. The number of amides is 1. The zero-order valence-corrected chi connectivity index (χ0v) is 10.6. The number of carbonyl (C=O) groups is 1. The quantitative estimate of drug-likeness (QED) is 0.557. The van der Waals surface area contributed by atoms with Crippen molar-refractivity contribution < 1.29 is 9.21 Å². The normalized spacial score (nSPS) is 11.6. The minimum Gasteiger partial charge on any atom is -0.463 e. The van der Waals surface area contributed by atoms with E-state index in [-0.39, 0.29) is 17.9 Å². The van der Waals surface area contributed by atoms with Crippen LogP contribution in [0.15, 0.2) is 32.7 Å². The van der Waals surface area contributed by atoms with Crippen molar-refractivity contribution in [2.45, 2.75) is 20.3 Å². The molecule has 2 heterocycles. The zero-order valence-electron chi connectivity index (χ0n) is 10.6. The van der Waals surface area contributed by atoms with Gasteiger partial charge in [-0.05, 0) is 26.0 Å². The fraction of sp³-hybridized carbons (Fsp3) is 0.250. The maximum Gasteiger partial charge on any atom is 0.267 e. The number of hydrogen-bond donors (Lipinski definition) is 3. The average Bonchev–Trinajstić information content (AvgIpc) is 3.01. The maximum atomic E-state index is 11.7. The Labute approximate surface area is 108 Å². The Kier molecular flexibility index (Phi) is 3.65. The van der Waals surface area contributed by atoms with Gasteiger partial charge in [-0.15, -0.1) is 0 Å². The lowest BCUT2D eigenvalue weighted by molar-refractivity contribution is -0.120. The molecule has 1 amide bonds. The van der Waals surface area contributed by atoms with Crippen LogP contribution in [0.1, 0.15) is 23.9 Å². The SMILES string of the molecule is C/C(=N\NC(=O)Cc1c(C)[nH][nH]c1=O)c1ccco1. The second-order valence-electron chi connectivity index (χ2n) is 4.07. The Morgan fingerprint density at radius 3 is 2.84 bits per heavy atom. The minimum atomic E-state index is -0.362. The molecule has 0 aliphatic heterocycles. The van der Waals surface area contributed by atoms with Crippen molar-refractivity contribution in [2.75, 3.05) is 0 Å². The summed E-state index contributed by atoms with van der Waals surface area (Å²) in [5.41, 5.74) is 3.70. The van der Waals surface area contributed by atoms with Gasteiger partial charge in [-0.25, -0.2) is 5.43 Å². The van der Waals surface area contributed by atoms with Gasteiger partial charge < -0.3 is 9.52 Å². The molecule has 0 radical (unpaired) electrons. The van der Waals surface area contributed by atoms with Gasteiger partial charge in [0.05, 0.1) is 12.7 Å². The lowest BCUT2D eigenvalue weighted by Gasteiger charge is -2.00. The van der Waals surface area contributed by atoms with Crippen LogP contribution in [-0.4, -0.2) is 21.8 Å². The van der Waals surface area contributed by atoms with E-state index in [9.17, 15) is 9.59 Å². The van der Waals surface area contributed by atoms with Gasteiger partial charge in [0.25, 0.3) is 5.56 Å². The summed E-state index contributed by atoms with van der Waals surface area (Å²) in [5.74, 6) is 0.218. The van der Waals surface area contributed by atoms with Crippen LogP contribution in [0.3, 0.4) is 0 Å². The Balaban J connectivity index is 1.99. The van der Waals surface area contributed by atoms with Gasteiger partial charge in [-0.2, -0.15) is 5.10 Å². The monoisotopic (exact) mass is 262 g/mol. The molecule has 2 rings (SSSR count). The number of furan rings is 1.